The van der Waals surface area contributed by atoms with E-state index in [0.717, 1.165) is 23.3 Å². The second-order valence-electron chi connectivity index (χ2n) is 6.01. The van der Waals surface area contributed by atoms with E-state index in [9.17, 15) is 26.4 Å². The Morgan fingerprint density at radius 2 is 1.77 bits per heavy atom. The Morgan fingerprint density at radius 3 is 2.42 bits per heavy atom. The van der Waals surface area contributed by atoms with E-state index in [2.05, 4.69) is 20.7 Å². The molecule has 0 aliphatic heterocycles. The van der Waals surface area contributed by atoms with Crippen LogP contribution in [0.15, 0.2) is 45.8 Å². The number of halogens is 4. The van der Waals surface area contributed by atoms with Crippen LogP contribution in [0.4, 0.5) is 13.2 Å². The minimum absolute atomic E-state index is 0.137. The van der Waals surface area contributed by atoms with Crippen molar-refractivity contribution in [2.75, 3.05) is 0 Å². The molecule has 1 aliphatic carbocycles. The van der Waals surface area contributed by atoms with Crippen LogP contribution in [0.1, 0.15) is 27.0 Å². The van der Waals surface area contributed by atoms with Crippen LogP contribution in [0.2, 0.25) is 0 Å². The highest BCUT2D eigenvalue weighted by Gasteiger charge is 2.38. The number of alkyl halides is 3. The number of nitrogens with one attached hydrogen (secondary N) is 1. The Labute approximate surface area is 156 Å². The smallest absolute Gasteiger partial charge is 0.298 e. The fourth-order valence-electron chi connectivity index (χ4n) is 3.04. The number of hydrogen-bond donors (Lipinski definition) is 1. The van der Waals surface area contributed by atoms with Gasteiger partial charge in [-0.25, -0.2) is 13.1 Å². The lowest BCUT2D eigenvalue weighted by Gasteiger charge is -2.17. The first kappa shape index (κ1) is 19.1. The molecular formula is C17H13BrF3NO3S. The fourth-order valence-corrected chi connectivity index (χ4v) is 4.84. The van der Waals surface area contributed by atoms with Gasteiger partial charge in [-0.2, -0.15) is 13.2 Å². The van der Waals surface area contributed by atoms with Gasteiger partial charge in [-0.15, -0.1) is 0 Å². The topological polar surface area (TPSA) is 63.2 Å². The summed E-state index contributed by atoms with van der Waals surface area (Å²) in [5.41, 5.74) is 0.932. The maximum absolute atomic E-state index is 13.2. The van der Waals surface area contributed by atoms with Gasteiger partial charge in [-0.1, -0.05) is 28.1 Å². The first-order valence-corrected chi connectivity index (χ1v) is 9.84. The van der Waals surface area contributed by atoms with Crippen molar-refractivity contribution in [1.29, 1.82) is 0 Å². The minimum Gasteiger partial charge on any atom is -0.298 e. The van der Waals surface area contributed by atoms with Gasteiger partial charge >= 0.3 is 6.18 Å². The molecule has 1 atom stereocenters. The van der Waals surface area contributed by atoms with Crippen molar-refractivity contribution in [1.82, 2.24) is 4.72 Å². The second kappa shape index (κ2) is 6.79. The molecule has 2 aromatic carbocycles. The minimum atomic E-state index is -4.80. The average Bonchev–Trinajstić information content (AvgIpc) is 2.93. The summed E-state index contributed by atoms with van der Waals surface area (Å²) in [6, 6.07) is 7.38. The Morgan fingerprint density at radius 1 is 1.08 bits per heavy atom. The number of hydrogen-bond acceptors (Lipinski definition) is 3. The molecule has 0 amide bonds. The summed E-state index contributed by atoms with van der Waals surface area (Å²) in [5, 5.41) is 0. The number of benzene rings is 2. The largest absolute Gasteiger partial charge is 0.417 e. The molecule has 138 valence electrons. The van der Waals surface area contributed by atoms with E-state index in [1.807, 2.05) is 0 Å². The lowest BCUT2D eigenvalue weighted by Crippen LogP contribution is -2.36. The molecule has 4 nitrogen and oxygen atoms in total. The quantitative estimate of drug-likeness (QED) is 0.726. The van der Waals surface area contributed by atoms with Gasteiger partial charge in [0.25, 0.3) is 0 Å². The van der Waals surface area contributed by atoms with Gasteiger partial charge in [0.05, 0.1) is 10.5 Å². The highest BCUT2D eigenvalue weighted by molar-refractivity contribution is 9.10. The Balaban J connectivity index is 1.88. The summed E-state index contributed by atoms with van der Waals surface area (Å²) < 4.78 is 67.3. The molecule has 26 heavy (non-hydrogen) atoms. The monoisotopic (exact) mass is 447 g/mol. The van der Waals surface area contributed by atoms with Gasteiger partial charge in [0, 0.05) is 16.1 Å². The van der Waals surface area contributed by atoms with Crippen molar-refractivity contribution in [2.45, 2.75) is 30.0 Å². The molecular weight excluding hydrogens is 435 g/mol. The maximum atomic E-state index is 13.2. The van der Waals surface area contributed by atoms with Gasteiger partial charge < -0.3 is 0 Å². The highest BCUT2D eigenvalue weighted by Crippen LogP contribution is 2.36. The van der Waals surface area contributed by atoms with Crippen molar-refractivity contribution in [2.24, 2.45) is 0 Å². The molecule has 0 saturated carbocycles. The number of aldehydes is 1. The first-order valence-electron chi connectivity index (χ1n) is 7.56. The van der Waals surface area contributed by atoms with Crippen LogP contribution < -0.4 is 4.72 Å². The fraction of sp³-hybridized carbons (Fsp3) is 0.235. The summed E-state index contributed by atoms with van der Waals surface area (Å²) in [6.07, 6.45) is -3.44. The van der Waals surface area contributed by atoms with Crippen LogP contribution >= 0.6 is 15.9 Å². The normalized spacial score (nSPS) is 17.2. The first-order chi connectivity index (χ1) is 12.1. The highest BCUT2D eigenvalue weighted by atomic mass is 79.9. The molecule has 9 heteroatoms. The van der Waals surface area contributed by atoms with Gasteiger partial charge in [-0.05, 0) is 48.2 Å². The zero-order valence-electron chi connectivity index (χ0n) is 13.2. The second-order valence-corrected chi connectivity index (χ2v) is 8.61. The summed E-state index contributed by atoms with van der Waals surface area (Å²) in [7, 11) is -4.37. The zero-order valence-corrected chi connectivity index (χ0v) is 15.6. The van der Waals surface area contributed by atoms with E-state index >= 15 is 0 Å². The van der Waals surface area contributed by atoms with Gasteiger partial charge in [0.15, 0.2) is 0 Å². The molecule has 0 saturated heterocycles. The van der Waals surface area contributed by atoms with Gasteiger partial charge in [-0.3, -0.25) is 4.79 Å². The zero-order chi connectivity index (χ0) is 19.1. The van der Waals surface area contributed by atoms with E-state index in [-0.39, 0.29) is 4.47 Å². The Bertz CT molecular complexity index is 974. The van der Waals surface area contributed by atoms with Crippen LogP contribution in [0, 0.1) is 0 Å². The van der Waals surface area contributed by atoms with Crippen LogP contribution in [0.5, 0.6) is 0 Å². The van der Waals surface area contributed by atoms with Crippen molar-refractivity contribution in [3.05, 3.63) is 63.1 Å². The third-order valence-electron chi connectivity index (χ3n) is 4.16. The van der Waals surface area contributed by atoms with Crippen LogP contribution in [-0.2, 0) is 29.0 Å². The molecule has 0 spiro atoms. The Kier molecular flexibility index (Phi) is 4.98. The van der Waals surface area contributed by atoms with Gasteiger partial charge in [0.1, 0.15) is 6.29 Å². The SMILES string of the molecule is O=Cc1ccc2c(c1)CC(NS(=O)(=O)c1ccc(Br)cc1C(F)(F)F)C2. The molecule has 1 unspecified atom stereocenters. The van der Waals surface area contributed by atoms with Crippen molar-refractivity contribution >= 4 is 32.2 Å². The molecule has 0 bridgehead atoms. The molecule has 0 fully saturated rings. The van der Waals surface area contributed by atoms with E-state index in [0.29, 0.717) is 24.7 Å². The van der Waals surface area contributed by atoms with Crippen molar-refractivity contribution < 1.29 is 26.4 Å². The van der Waals surface area contributed by atoms with Crippen LogP contribution in [0.3, 0.4) is 0 Å². The number of fused-ring (bicyclic) bond motifs is 1. The lowest BCUT2D eigenvalue weighted by molar-refractivity contribution is -0.139. The number of rotatable bonds is 4. The third-order valence-corrected chi connectivity index (χ3v) is 6.23. The third kappa shape index (κ3) is 3.84. The maximum Gasteiger partial charge on any atom is 0.417 e. The molecule has 0 heterocycles. The molecule has 2 aromatic rings. The van der Waals surface area contributed by atoms with E-state index in [1.165, 1.54) is 6.07 Å². The molecule has 3 rings (SSSR count). The molecule has 0 radical (unpaired) electrons. The molecule has 1 N–H and O–H groups in total. The van der Waals surface area contributed by atoms with Gasteiger partial charge in [0.2, 0.25) is 10.0 Å². The van der Waals surface area contributed by atoms with Crippen molar-refractivity contribution in [3.8, 4) is 0 Å². The number of carbonyl (C=O) groups is 1. The number of sulfonamides is 1. The Hall–Kier alpha value is -1.71. The van der Waals surface area contributed by atoms with E-state index in [4.69, 9.17) is 0 Å². The van der Waals surface area contributed by atoms with Crippen LogP contribution in [0.25, 0.3) is 0 Å². The summed E-state index contributed by atoms with van der Waals surface area (Å²) >= 11 is 2.93. The molecule has 1 aliphatic rings. The average molecular weight is 448 g/mol. The molecule has 0 aromatic heterocycles. The number of carbonyl (C=O) groups excluding carboxylic acids is 1. The van der Waals surface area contributed by atoms with E-state index < -0.39 is 32.7 Å². The predicted molar refractivity (Wildman–Crippen MR) is 92.5 cm³/mol. The predicted octanol–water partition coefficient (Wildman–Crippen LogP) is 3.73. The standard InChI is InChI=1S/C17H13BrF3NO3S/c18-13-3-4-16(15(8-13)17(19,20)21)26(24,25)22-14-6-11-2-1-10(9-23)5-12(11)7-14/h1-5,8-9,14,22H,6-7H2. The summed E-state index contributed by atoms with van der Waals surface area (Å²) in [6.45, 7) is 0. The summed E-state index contributed by atoms with van der Waals surface area (Å²) in [4.78, 5) is 10.0. The van der Waals surface area contributed by atoms with Crippen LogP contribution in [-0.4, -0.2) is 20.7 Å². The summed E-state index contributed by atoms with van der Waals surface area (Å²) in [5.74, 6) is 0. The van der Waals surface area contributed by atoms with E-state index in [1.54, 1.807) is 18.2 Å². The van der Waals surface area contributed by atoms with Crippen molar-refractivity contribution in [3.63, 3.8) is 0 Å². The lowest BCUT2D eigenvalue weighted by atomic mass is 10.1.